The number of nitrogens with zero attached hydrogens (tertiary/aromatic N) is 1. The molecule has 4 nitrogen and oxygen atoms in total. The van der Waals surface area contributed by atoms with Crippen molar-refractivity contribution in [1.82, 2.24) is 4.90 Å². The van der Waals surface area contributed by atoms with Crippen molar-refractivity contribution in [2.75, 3.05) is 18.9 Å². The van der Waals surface area contributed by atoms with Crippen molar-refractivity contribution in [3.63, 3.8) is 0 Å². The fraction of sp³-hybridized carbons (Fsp3) is 0.368. The summed E-state index contributed by atoms with van der Waals surface area (Å²) < 4.78 is 0. The van der Waals surface area contributed by atoms with Gasteiger partial charge in [0.25, 0.3) is 5.91 Å². The molecule has 1 aliphatic carbocycles. The zero-order valence-corrected chi connectivity index (χ0v) is 14.7. The lowest BCUT2D eigenvalue weighted by molar-refractivity contribution is -0.116. The molecular formula is C19H22N2O2S. The van der Waals surface area contributed by atoms with Crippen LogP contribution in [0.5, 0.6) is 0 Å². The normalized spacial score (nSPS) is 13.7. The zero-order chi connectivity index (χ0) is 16.9. The SMILES string of the molecule is CN(CC(=O)Nc1ccccc1)C(=O)c1cc2c(s1)CCCCC2. The molecule has 0 saturated heterocycles. The Labute approximate surface area is 146 Å². The quantitative estimate of drug-likeness (QED) is 0.861. The van der Waals surface area contributed by atoms with Crippen LogP contribution in [0, 0.1) is 0 Å². The molecular weight excluding hydrogens is 320 g/mol. The molecule has 1 aliphatic rings. The topological polar surface area (TPSA) is 49.4 Å². The highest BCUT2D eigenvalue weighted by Crippen LogP contribution is 2.29. The number of carbonyl (C=O) groups is 2. The predicted molar refractivity (Wildman–Crippen MR) is 97.6 cm³/mol. The number of nitrogens with one attached hydrogen (secondary N) is 1. The maximum Gasteiger partial charge on any atom is 0.264 e. The molecule has 1 N–H and O–H groups in total. The van der Waals surface area contributed by atoms with Crippen molar-refractivity contribution in [3.05, 3.63) is 51.7 Å². The van der Waals surface area contributed by atoms with E-state index in [0.717, 1.165) is 23.4 Å². The standard InChI is InChI=1S/C19H22N2O2S/c1-21(13-18(22)20-15-9-5-3-6-10-15)19(23)17-12-14-8-4-2-7-11-16(14)24-17/h3,5-6,9-10,12H,2,4,7-8,11,13H2,1H3,(H,20,22). The van der Waals surface area contributed by atoms with Crippen LogP contribution in [0.3, 0.4) is 0 Å². The Morgan fingerprint density at radius 2 is 1.88 bits per heavy atom. The second-order valence-corrected chi connectivity index (χ2v) is 7.33. The van der Waals surface area contributed by atoms with Crippen LogP contribution < -0.4 is 5.32 Å². The van der Waals surface area contributed by atoms with E-state index in [4.69, 9.17) is 0 Å². The van der Waals surface area contributed by atoms with Crippen molar-refractivity contribution < 1.29 is 9.59 Å². The van der Waals surface area contributed by atoms with Crippen LogP contribution in [0.4, 0.5) is 5.69 Å². The molecule has 5 heteroatoms. The Morgan fingerprint density at radius 1 is 1.12 bits per heavy atom. The molecule has 0 bridgehead atoms. The summed E-state index contributed by atoms with van der Waals surface area (Å²) in [4.78, 5) is 28.3. The molecule has 0 atom stereocenters. The summed E-state index contributed by atoms with van der Waals surface area (Å²) in [6.45, 7) is 0.0519. The molecule has 24 heavy (non-hydrogen) atoms. The number of hydrogen-bond acceptors (Lipinski definition) is 3. The number of rotatable bonds is 4. The monoisotopic (exact) mass is 342 g/mol. The summed E-state index contributed by atoms with van der Waals surface area (Å²) in [6.07, 6.45) is 5.82. The van der Waals surface area contributed by atoms with Crippen LogP contribution >= 0.6 is 11.3 Å². The van der Waals surface area contributed by atoms with Crippen molar-refractivity contribution in [3.8, 4) is 0 Å². The number of carbonyl (C=O) groups excluding carboxylic acids is 2. The van der Waals surface area contributed by atoms with Crippen molar-refractivity contribution >= 4 is 28.8 Å². The first-order chi connectivity index (χ1) is 11.6. The number of likely N-dealkylation sites (N-methyl/N-ethyl adjacent to an activating group) is 1. The summed E-state index contributed by atoms with van der Waals surface area (Å²) in [7, 11) is 1.68. The molecule has 1 aromatic carbocycles. The van der Waals surface area contributed by atoms with Crippen molar-refractivity contribution in [2.45, 2.75) is 32.1 Å². The highest BCUT2D eigenvalue weighted by atomic mass is 32.1. The maximum absolute atomic E-state index is 12.6. The average molecular weight is 342 g/mol. The highest BCUT2D eigenvalue weighted by molar-refractivity contribution is 7.14. The molecule has 2 aromatic rings. The first kappa shape index (κ1) is 16.7. The van der Waals surface area contributed by atoms with Crippen LogP contribution in [-0.2, 0) is 17.6 Å². The van der Waals surface area contributed by atoms with Gasteiger partial charge in [-0.15, -0.1) is 11.3 Å². The number of hydrogen-bond donors (Lipinski definition) is 1. The fourth-order valence-electron chi connectivity index (χ4n) is 2.97. The summed E-state index contributed by atoms with van der Waals surface area (Å²) in [6, 6.07) is 11.3. The van der Waals surface area contributed by atoms with Crippen LogP contribution in [0.1, 0.15) is 39.4 Å². The molecule has 1 aromatic heterocycles. The van der Waals surface area contributed by atoms with Gasteiger partial charge in [-0.3, -0.25) is 9.59 Å². The summed E-state index contributed by atoms with van der Waals surface area (Å²) >= 11 is 1.59. The van der Waals surface area contributed by atoms with E-state index in [1.165, 1.54) is 34.6 Å². The van der Waals surface area contributed by atoms with Crippen molar-refractivity contribution in [2.24, 2.45) is 0 Å². The minimum absolute atomic E-state index is 0.0519. The Balaban J connectivity index is 1.61. The van der Waals surface area contributed by atoms with E-state index >= 15 is 0 Å². The van der Waals surface area contributed by atoms with Gasteiger partial charge >= 0.3 is 0 Å². The maximum atomic E-state index is 12.6. The van der Waals surface area contributed by atoms with E-state index < -0.39 is 0 Å². The second kappa shape index (κ2) is 7.62. The van der Waals surface area contributed by atoms with Crippen LogP contribution in [0.25, 0.3) is 0 Å². The number of amides is 2. The number of fused-ring (bicyclic) bond motifs is 1. The summed E-state index contributed by atoms with van der Waals surface area (Å²) in [5.74, 6) is -0.258. The second-order valence-electron chi connectivity index (χ2n) is 6.20. The molecule has 0 spiro atoms. The smallest absolute Gasteiger partial charge is 0.264 e. The van der Waals surface area contributed by atoms with Crippen LogP contribution in [0.2, 0.25) is 0 Å². The van der Waals surface area contributed by atoms with E-state index in [9.17, 15) is 9.59 Å². The van der Waals surface area contributed by atoms with E-state index in [0.29, 0.717) is 0 Å². The molecule has 1 heterocycles. The van der Waals surface area contributed by atoms with Gasteiger partial charge in [0.2, 0.25) is 5.91 Å². The highest BCUT2D eigenvalue weighted by Gasteiger charge is 2.20. The van der Waals surface area contributed by atoms with Gasteiger partial charge in [-0.1, -0.05) is 24.6 Å². The van der Waals surface area contributed by atoms with E-state index in [2.05, 4.69) is 5.32 Å². The molecule has 126 valence electrons. The Morgan fingerprint density at radius 3 is 2.67 bits per heavy atom. The van der Waals surface area contributed by atoms with E-state index in [1.807, 2.05) is 36.4 Å². The Bertz CT molecular complexity index is 701. The van der Waals surface area contributed by atoms with Gasteiger partial charge in [0, 0.05) is 17.6 Å². The first-order valence-electron chi connectivity index (χ1n) is 8.35. The third-order valence-electron chi connectivity index (χ3n) is 4.24. The van der Waals surface area contributed by atoms with E-state index in [1.54, 1.807) is 18.4 Å². The first-order valence-corrected chi connectivity index (χ1v) is 9.17. The molecule has 0 saturated carbocycles. The number of thiophene rings is 1. The summed E-state index contributed by atoms with van der Waals surface area (Å²) in [5, 5.41) is 2.81. The van der Waals surface area contributed by atoms with Gasteiger partial charge in [-0.2, -0.15) is 0 Å². The number of para-hydroxylation sites is 1. The van der Waals surface area contributed by atoms with Crippen LogP contribution in [0.15, 0.2) is 36.4 Å². The lowest BCUT2D eigenvalue weighted by atomic mass is 10.1. The molecule has 2 amide bonds. The minimum atomic E-state index is -0.185. The fourth-order valence-corrected chi connectivity index (χ4v) is 4.22. The van der Waals surface area contributed by atoms with Gasteiger partial charge in [0.05, 0.1) is 11.4 Å². The molecule has 0 unspecified atom stereocenters. The van der Waals surface area contributed by atoms with Gasteiger partial charge in [-0.25, -0.2) is 0 Å². The van der Waals surface area contributed by atoms with Gasteiger partial charge in [-0.05, 0) is 49.4 Å². The number of anilines is 1. The average Bonchev–Trinajstić information content (AvgIpc) is 2.85. The third-order valence-corrected chi connectivity index (χ3v) is 5.47. The molecule has 0 fully saturated rings. The van der Waals surface area contributed by atoms with Crippen molar-refractivity contribution in [1.29, 1.82) is 0 Å². The third kappa shape index (κ3) is 4.03. The molecule has 0 radical (unpaired) electrons. The minimum Gasteiger partial charge on any atom is -0.332 e. The summed E-state index contributed by atoms with van der Waals surface area (Å²) in [5.41, 5.74) is 2.06. The Kier molecular flexibility index (Phi) is 5.30. The number of benzene rings is 1. The lowest BCUT2D eigenvalue weighted by Gasteiger charge is -2.16. The lowest BCUT2D eigenvalue weighted by Crippen LogP contribution is -2.34. The number of aryl methyl sites for hydroxylation is 2. The van der Waals surface area contributed by atoms with Gasteiger partial charge < -0.3 is 10.2 Å². The van der Waals surface area contributed by atoms with Crippen LogP contribution in [-0.4, -0.2) is 30.3 Å². The molecule has 0 aliphatic heterocycles. The largest absolute Gasteiger partial charge is 0.332 e. The van der Waals surface area contributed by atoms with E-state index in [-0.39, 0.29) is 18.4 Å². The Hall–Kier alpha value is -2.14. The zero-order valence-electron chi connectivity index (χ0n) is 13.9. The molecule has 3 rings (SSSR count). The van der Waals surface area contributed by atoms with Gasteiger partial charge in [0.1, 0.15) is 0 Å². The predicted octanol–water partition coefficient (Wildman–Crippen LogP) is 3.73. The van der Waals surface area contributed by atoms with Gasteiger partial charge in [0.15, 0.2) is 0 Å².